The number of para-hydroxylation sites is 1. The van der Waals surface area contributed by atoms with Crippen LogP contribution in [0, 0.1) is 5.41 Å². The zero-order chi connectivity index (χ0) is 23.3. The Morgan fingerprint density at radius 3 is 1.88 bits per heavy atom. The van der Waals surface area contributed by atoms with Crippen molar-refractivity contribution >= 4 is 40.7 Å². The summed E-state index contributed by atoms with van der Waals surface area (Å²) < 4.78 is 9.90. The van der Waals surface area contributed by atoms with Crippen molar-refractivity contribution in [2.45, 2.75) is 13.8 Å². The fourth-order valence-corrected chi connectivity index (χ4v) is 3.41. The van der Waals surface area contributed by atoms with Crippen LogP contribution in [0.4, 0.5) is 5.69 Å². The number of rotatable bonds is 5. The highest BCUT2D eigenvalue weighted by atomic mass is 16.5. The highest BCUT2D eigenvalue weighted by Gasteiger charge is 2.56. The van der Waals surface area contributed by atoms with Crippen molar-refractivity contribution in [3.05, 3.63) is 66.2 Å². The van der Waals surface area contributed by atoms with E-state index in [4.69, 9.17) is 9.47 Å². The summed E-state index contributed by atoms with van der Waals surface area (Å²) in [4.78, 5) is 42.8. The van der Waals surface area contributed by atoms with Crippen molar-refractivity contribution in [1.29, 1.82) is 0 Å². The Hall–Kier alpha value is -4.14. The highest BCUT2D eigenvalue weighted by Crippen LogP contribution is 2.33. The Labute approximate surface area is 185 Å². The van der Waals surface area contributed by atoms with Gasteiger partial charge in [-0.25, -0.2) is 9.79 Å². The molecule has 1 aliphatic rings. The standard InChI is InChI=1S/C23H22N4O5/c1-15-23(22(30)32-4,16(2)26-27(25-15)18-13-9-6-10-14-18)19(21(29)31-3)24-20(28)17-11-7-5-8-12-17/h5-14H,1-4H3. The number of nitrogens with zero attached hydrogens (tertiary/aromatic N) is 4. The molecule has 2 aromatic carbocycles. The maximum Gasteiger partial charge on any atom is 0.354 e. The second-order valence-corrected chi connectivity index (χ2v) is 6.86. The number of hydrazone groups is 2. The van der Waals surface area contributed by atoms with E-state index in [2.05, 4.69) is 15.2 Å². The lowest BCUT2D eigenvalue weighted by Gasteiger charge is -2.35. The van der Waals surface area contributed by atoms with Gasteiger partial charge in [-0.2, -0.15) is 15.3 Å². The lowest BCUT2D eigenvalue weighted by atomic mass is 9.74. The zero-order valence-corrected chi connectivity index (χ0v) is 18.1. The summed E-state index contributed by atoms with van der Waals surface area (Å²) in [5, 5.41) is 10.1. The molecular formula is C23H22N4O5. The maximum atomic E-state index is 13.1. The fraction of sp³-hybridized carbons (Fsp3) is 0.217. The van der Waals surface area contributed by atoms with E-state index in [1.54, 1.807) is 42.5 Å². The molecule has 0 fully saturated rings. The van der Waals surface area contributed by atoms with Crippen molar-refractivity contribution in [2.75, 3.05) is 19.3 Å². The van der Waals surface area contributed by atoms with E-state index >= 15 is 0 Å². The van der Waals surface area contributed by atoms with E-state index in [0.717, 1.165) is 7.11 Å². The average molecular weight is 434 g/mol. The summed E-state index contributed by atoms with van der Waals surface area (Å²) in [5.41, 5.74) is -1.24. The van der Waals surface area contributed by atoms with E-state index in [1.807, 2.05) is 18.2 Å². The number of methoxy groups -OCH3 is 2. The minimum atomic E-state index is -1.93. The molecule has 2 aromatic rings. The van der Waals surface area contributed by atoms with Crippen LogP contribution in [0.3, 0.4) is 0 Å². The Morgan fingerprint density at radius 2 is 1.38 bits per heavy atom. The molecule has 1 amide bonds. The molecule has 0 spiro atoms. The zero-order valence-electron chi connectivity index (χ0n) is 18.1. The van der Waals surface area contributed by atoms with Crippen molar-refractivity contribution in [1.82, 2.24) is 0 Å². The topological polar surface area (TPSA) is 110 Å². The van der Waals surface area contributed by atoms with Crippen molar-refractivity contribution in [2.24, 2.45) is 20.6 Å². The first kappa shape index (κ1) is 22.5. The molecule has 0 unspecified atom stereocenters. The molecule has 164 valence electrons. The first-order valence-electron chi connectivity index (χ1n) is 9.68. The van der Waals surface area contributed by atoms with Crippen LogP contribution in [0.2, 0.25) is 0 Å². The summed E-state index contributed by atoms with van der Waals surface area (Å²) in [6.07, 6.45) is 0. The number of ether oxygens (including phenoxy) is 2. The molecule has 0 aromatic heterocycles. The quantitative estimate of drug-likeness (QED) is 0.529. The van der Waals surface area contributed by atoms with Gasteiger partial charge in [0.25, 0.3) is 5.91 Å². The highest BCUT2D eigenvalue weighted by molar-refractivity contribution is 6.57. The monoisotopic (exact) mass is 434 g/mol. The smallest absolute Gasteiger partial charge is 0.354 e. The molecule has 32 heavy (non-hydrogen) atoms. The van der Waals surface area contributed by atoms with Crippen LogP contribution < -0.4 is 5.12 Å². The van der Waals surface area contributed by atoms with Gasteiger partial charge in [0, 0.05) is 5.56 Å². The van der Waals surface area contributed by atoms with Gasteiger partial charge >= 0.3 is 11.9 Å². The lowest BCUT2D eigenvalue weighted by Crippen LogP contribution is -2.57. The summed E-state index contributed by atoms with van der Waals surface area (Å²) in [5.74, 6) is -2.56. The van der Waals surface area contributed by atoms with Gasteiger partial charge in [-0.15, -0.1) is 0 Å². The van der Waals surface area contributed by atoms with Crippen LogP contribution in [-0.2, 0) is 19.1 Å². The van der Waals surface area contributed by atoms with Gasteiger partial charge < -0.3 is 9.47 Å². The van der Waals surface area contributed by atoms with Gasteiger partial charge in [0.05, 0.1) is 31.3 Å². The second-order valence-electron chi connectivity index (χ2n) is 6.86. The van der Waals surface area contributed by atoms with E-state index in [9.17, 15) is 14.4 Å². The number of benzene rings is 2. The second kappa shape index (κ2) is 9.34. The lowest BCUT2D eigenvalue weighted by molar-refractivity contribution is -0.144. The van der Waals surface area contributed by atoms with E-state index < -0.39 is 29.0 Å². The molecule has 0 radical (unpaired) electrons. The molecule has 0 atom stereocenters. The fourth-order valence-electron chi connectivity index (χ4n) is 3.41. The molecule has 1 aliphatic heterocycles. The molecule has 0 aliphatic carbocycles. The Balaban J connectivity index is 2.21. The van der Waals surface area contributed by atoms with Gasteiger partial charge in [-0.3, -0.25) is 9.59 Å². The number of esters is 2. The van der Waals surface area contributed by atoms with Crippen molar-refractivity contribution < 1.29 is 23.9 Å². The Morgan fingerprint density at radius 1 is 0.844 bits per heavy atom. The number of hydrogen-bond donors (Lipinski definition) is 0. The molecular weight excluding hydrogens is 412 g/mol. The summed E-state index contributed by atoms with van der Waals surface area (Å²) >= 11 is 0. The van der Waals surface area contributed by atoms with Crippen LogP contribution in [0.25, 0.3) is 0 Å². The SMILES string of the molecule is COC(=O)C(=NC(=O)c1ccccc1)C1(C(=O)OC)C(C)=NN(c2ccccc2)N=C1C. The number of aliphatic imine (C=N–C) groups is 1. The predicted octanol–water partition coefficient (Wildman–Crippen LogP) is 2.87. The average Bonchev–Trinajstić information content (AvgIpc) is 2.83. The van der Waals surface area contributed by atoms with Gasteiger partial charge in [-0.1, -0.05) is 36.4 Å². The van der Waals surface area contributed by atoms with Crippen LogP contribution >= 0.6 is 0 Å². The van der Waals surface area contributed by atoms with Crippen LogP contribution in [0.5, 0.6) is 0 Å². The first-order valence-corrected chi connectivity index (χ1v) is 9.68. The maximum absolute atomic E-state index is 13.1. The van der Waals surface area contributed by atoms with E-state index in [0.29, 0.717) is 5.69 Å². The molecule has 1 heterocycles. The third kappa shape index (κ3) is 3.92. The van der Waals surface area contributed by atoms with Crippen LogP contribution in [0.15, 0.2) is 75.9 Å². The third-order valence-corrected chi connectivity index (χ3v) is 5.02. The number of carbonyl (C=O) groups is 3. The normalized spacial score (nSPS) is 15.4. The minimum Gasteiger partial charge on any atom is -0.468 e. The number of amides is 1. The van der Waals surface area contributed by atoms with Crippen LogP contribution in [0.1, 0.15) is 24.2 Å². The summed E-state index contributed by atoms with van der Waals surface area (Å²) in [6.45, 7) is 3.08. The van der Waals surface area contributed by atoms with E-state index in [1.165, 1.54) is 26.1 Å². The minimum absolute atomic E-state index is 0.144. The van der Waals surface area contributed by atoms with Crippen molar-refractivity contribution in [3.8, 4) is 0 Å². The van der Waals surface area contributed by atoms with Gasteiger partial charge in [0.1, 0.15) is 0 Å². The number of carbonyl (C=O) groups excluding carboxylic acids is 3. The molecule has 0 N–H and O–H groups in total. The first-order chi connectivity index (χ1) is 15.4. The molecule has 0 bridgehead atoms. The number of hydrogen-bond acceptors (Lipinski definition) is 8. The Kier molecular flexibility index (Phi) is 6.58. The van der Waals surface area contributed by atoms with E-state index in [-0.39, 0.29) is 17.0 Å². The van der Waals surface area contributed by atoms with Gasteiger partial charge in [0.2, 0.25) is 0 Å². The molecule has 9 heteroatoms. The molecule has 0 saturated carbocycles. The van der Waals surface area contributed by atoms with Gasteiger partial charge in [-0.05, 0) is 38.1 Å². The molecule has 0 saturated heterocycles. The summed E-state index contributed by atoms with van der Waals surface area (Å²) in [7, 11) is 2.30. The summed E-state index contributed by atoms with van der Waals surface area (Å²) in [6, 6.07) is 17.2. The third-order valence-electron chi connectivity index (χ3n) is 5.02. The van der Waals surface area contributed by atoms with Crippen LogP contribution in [-0.4, -0.2) is 49.2 Å². The predicted molar refractivity (Wildman–Crippen MR) is 120 cm³/mol. The largest absolute Gasteiger partial charge is 0.468 e. The van der Waals surface area contributed by atoms with Crippen molar-refractivity contribution in [3.63, 3.8) is 0 Å². The number of anilines is 1. The molecule has 3 rings (SSSR count). The molecule has 9 nitrogen and oxygen atoms in total. The van der Waals surface area contributed by atoms with Gasteiger partial charge in [0.15, 0.2) is 11.1 Å². The Bertz CT molecular complexity index is 1100.